The van der Waals surface area contributed by atoms with Crippen molar-refractivity contribution in [2.45, 2.75) is 32.2 Å². The lowest BCUT2D eigenvalue weighted by atomic mass is 10.1. The van der Waals surface area contributed by atoms with Crippen LogP contribution < -0.4 is 10.3 Å². The maximum absolute atomic E-state index is 14.2. The van der Waals surface area contributed by atoms with Gasteiger partial charge in [0.25, 0.3) is 5.56 Å². The fourth-order valence-corrected chi connectivity index (χ4v) is 4.74. The van der Waals surface area contributed by atoms with Crippen molar-refractivity contribution in [2.24, 2.45) is 0 Å². The van der Waals surface area contributed by atoms with Crippen LogP contribution in [0.3, 0.4) is 0 Å². The van der Waals surface area contributed by atoms with Crippen LogP contribution in [-0.2, 0) is 24.4 Å². The molecule has 0 saturated carbocycles. The number of carboxylic acid groups (broad SMARTS) is 1. The summed E-state index contributed by atoms with van der Waals surface area (Å²) in [7, 11) is 0. The fraction of sp³-hybridized carbons (Fsp3) is 0.194. The quantitative estimate of drug-likeness (QED) is 0.249. The van der Waals surface area contributed by atoms with Crippen molar-refractivity contribution in [3.8, 4) is 17.1 Å². The number of halogens is 1. The molecule has 1 aliphatic heterocycles. The van der Waals surface area contributed by atoms with Gasteiger partial charge in [-0.2, -0.15) is 0 Å². The molecule has 3 aromatic heterocycles. The van der Waals surface area contributed by atoms with Gasteiger partial charge in [0.1, 0.15) is 18.2 Å². The number of aromatic nitrogens is 4. The Kier molecular flexibility index (Phi) is 7.21. The molecule has 0 radical (unpaired) electrons. The molecule has 42 heavy (non-hydrogen) atoms. The molecule has 1 fully saturated rings. The second kappa shape index (κ2) is 11.3. The van der Waals surface area contributed by atoms with E-state index in [1.54, 1.807) is 42.6 Å². The predicted octanol–water partition coefficient (Wildman–Crippen LogP) is 5.06. The first-order valence-electron chi connectivity index (χ1n) is 13.2. The summed E-state index contributed by atoms with van der Waals surface area (Å²) >= 11 is 0. The highest BCUT2D eigenvalue weighted by Crippen LogP contribution is 2.24. The molecule has 0 bridgehead atoms. The van der Waals surface area contributed by atoms with E-state index in [-0.39, 0.29) is 41.9 Å². The van der Waals surface area contributed by atoms with Crippen LogP contribution >= 0.6 is 0 Å². The van der Waals surface area contributed by atoms with Crippen LogP contribution in [0.25, 0.3) is 27.1 Å². The Morgan fingerprint density at radius 2 is 2.00 bits per heavy atom. The first kappa shape index (κ1) is 26.9. The molecule has 0 amide bonds. The number of nitrogens with zero attached hydrogens (tertiary/aromatic N) is 5. The van der Waals surface area contributed by atoms with Gasteiger partial charge < -0.3 is 23.7 Å². The Morgan fingerprint density at radius 1 is 1.14 bits per heavy atom. The van der Waals surface area contributed by atoms with Crippen LogP contribution in [0.1, 0.15) is 28.2 Å². The minimum atomic E-state index is -1.02. The SMILES string of the molecule is [C-]#[N+]c1ccc(COc2cccc(-c3ccn(Cc4nc5ccc(C(=O)O)cc5n4C[C@@H]4CCO4)c(=O)c3)n2)c(F)c1. The van der Waals surface area contributed by atoms with Gasteiger partial charge in [0.05, 0.1) is 48.1 Å². The minimum Gasteiger partial charge on any atom is -0.478 e. The normalized spacial score (nSPS) is 14.3. The Morgan fingerprint density at radius 3 is 2.71 bits per heavy atom. The van der Waals surface area contributed by atoms with E-state index in [2.05, 4.69) is 9.83 Å². The first-order valence-corrected chi connectivity index (χ1v) is 13.2. The van der Waals surface area contributed by atoms with Gasteiger partial charge in [-0.05, 0) is 42.8 Å². The Bertz CT molecular complexity index is 1920. The van der Waals surface area contributed by atoms with Gasteiger partial charge in [-0.1, -0.05) is 18.2 Å². The standard InChI is InChI=1S/C31H24FN5O5/c1-33-22-7-5-21(24(32)15-22)18-42-29-4-2-3-25(35-29)19-9-11-36(30(38)14-19)17-28-34-26-8-6-20(31(39)40)13-27(26)37(28)16-23-10-12-41-23/h2-9,11,13-15,23H,10,12,16-18H2,(H,39,40)/t23-/m0/s1. The molecule has 6 rings (SSSR count). The van der Waals surface area contributed by atoms with Crippen LogP contribution in [0.15, 0.2) is 77.7 Å². The Balaban J connectivity index is 1.23. The first-order chi connectivity index (χ1) is 20.4. The molecule has 0 spiro atoms. The molecular weight excluding hydrogens is 541 g/mol. The van der Waals surface area contributed by atoms with Crippen molar-refractivity contribution in [3.05, 3.63) is 117 Å². The van der Waals surface area contributed by atoms with Crippen LogP contribution in [0, 0.1) is 12.4 Å². The molecule has 1 aliphatic rings. The number of hydrogen-bond acceptors (Lipinski definition) is 6. The van der Waals surface area contributed by atoms with Crippen molar-refractivity contribution < 1.29 is 23.8 Å². The zero-order valence-electron chi connectivity index (χ0n) is 22.2. The van der Waals surface area contributed by atoms with Crippen molar-refractivity contribution in [1.82, 2.24) is 19.1 Å². The minimum absolute atomic E-state index is 0.00362. The van der Waals surface area contributed by atoms with Crippen LogP contribution in [0.5, 0.6) is 5.88 Å². The average molecular weight is 566 g/mol. The highest BCUT2D eigenvalue weighted by molar-refractivity contribution is 5.92. The summed E-state index contributed by atoms with van der Waals surface area (Å²) in [4.78, 5) is 37.1. The van der Waals surface area contributed by atoms with E-state index in [4.69, 9.17) is 21.0 Å². The molecule has 5 aromatic rings. The summed E-state index contributed by atoms with van der Waals surface area (Å²) in [5, 5.41) is 9.46. The third kappa shape index (κ3) is 5.48. The fourth-order valence-electron chi connectivity index (χ4n) is 4.74. The molecule has 1 atom stereocenters. The van der Waals surface area contributed by atoms with E-state index >= 15 is 0 Å². The van der Waals surface area contributed by atoms with Crippen LogP contribution in [-0.4, -0.2) is 42.9 Å². The number of aromatic carboxylic acids is 1. The molecule has 4 heterocycles. The number of pyridine rings is 2. The van der Waals surface area contributed by atoms with E-state index < -0.39 is 11.8 Å². The van der Waals surface area contributed by atoms with Gasteiger partial charge >= 0.3 is 5.97 Å². The summed E-state index contributed by atoms with van der Waals surface area (Å²) < 4.78 is 29.0. The lowest BCUT2D eigenvalue weighted by molar-refractivity contribution is -0.0590. The van der Waals surface area contributed by atoms with Crippen molar-refractivity contribution in [2.75, 3.05) is 6.61 Å². The zero-order valence-corrected chi connectivity index (χ0v) is 22.2. The van der Waals surface area contributed by atoms with E-state index in [1.165, 1.54) is 28.8 Å². The molecule has 210 valence electrons. The third-order valence-corrected chi connectivity index (χ3v) is 7.12. The molecule has 1 saturated heterocycles. The summed E-state index contributed by atoms with van der Waals surface area (Å²) in [5.74, 6) is -0.677. The zero-order chi connectivity index (χ0) is 29.2. The number of carbonyl (C=O) groups is 1. The number of carboxylic acids is 1. The molecule has 0 aliphatic carbocycles. The topological polar surface area (TPSA) is 113 Å². The van der Waals surface area contributed by atoms with Gasteiger partial charge in [0, 0.05) is 36.1 Å². The number of imidazole rings is 1. The molecule has 0 unspecified atom stereocenters. The third-order valence-electron chi connectivity index (χ3n) is 7.12. The highest BCUT2D eigenvalue weighted by Gasteiger charge is 2.23. The number of rotatable bonds is 9. The number of ether oxygens (including phenoxy) is 2. The van der Waals surface area contributed by atoms with Gasteiger partial charge in [-0.25, -0.2) is 24.0 Å². The number of fused-ring (bicyclic) bond motifs is 1. The Labute approximate surface area is 239 Å². The Hall–Kier alpha value is -5.34. The largest absolute Gasteiger partial charge is 0.478 e. The van der Waals surface area contributed by atoms with Gasteiger partial charge in [0.15, 0.2) is 5.69 Å². The molecular formula is C31H24FN5O5. The van der Waals surface area contributed by atoms with E-state index in [0.29, 0.717) is 46.8 Å². The number of benzene rings is 2. The lowest BCUT2D eigenvalue weighted by Gasteiger charge is -2.27. The molecule has 11 heteroatoms. The van der Waals surface area contributed by atoms with E-state index in [0.717, 1.165) is 12.5 Å². The van der Waals surface area contributed by atoms with Crippen molar-refractivity contribution in [1.29, 1.82) is 0 Å². The number of hydrogen-bond donors (Lipinski definition) is 1. The molecule has 1 N–H and O–H groups in total. The smallest absolute Gasteiger partial charge is 0.335 e. The van der Waals surface area contributed by atoms with Gasteiger partial charge in [0.2, 0.25) is 5.88 Å². The van der Waals surface area contributed by atoms with E-state index in [9.17, 15) is 19.1 Å². The van der Waals surface area contributed by atoms with Gasteiger partial charge in [-0.15, -0.1) is 0 Å². The lowest BCUT2D eigenvalue weighted by Crippen LogP contribution is -2.32. The molecule has 10 nitrogen and oxygen atoms in total. The van der Waals surface area contributed by atoms with Crippen molar-refractivity contribution >= 4 is 22.7 Å². The monoisotopic (exact) mass is 565 g/mol. The average Bonchev–Trinajstić information content (AvgIpc) is 3.31. The second-order valence-electron chi connectivity index (χ2n) is 9.85. The van der Waals surface area contributed by atoms with Crippen molar-refractivity contribution in [3.63, 3.8) is 0 Å². The maximum Gasteiger partial charge on any atom is 0.335 e. The van der Waals surface area contributed by atoms with Gasteiger partial charge in [-0.3, -0.25) is 4.79 Å². The maximum atomic E-state index is 14.2. The van der Waals surface area contributed by atoms with Crippen LogP contribution in [0.4, 0.5) is 10.1 Å². The molecule has 2 aromatic carbocycles. The van der Waals surface area contributed by atoms with Crippen LogP contribution in [0.2, 0.25) is 0 Å². The summed E-state index contributed by atoms with van der Waals surface area (Å²) in [6.45, 7) is 8.29. The summed E-state index contributed by atoms with van der Waals surface area (Å²) in [6.07, 6.45) is 2.56. The van der Waals surface area contributed by atoms with E-state index in [1.807, 2.05) is 4.57 Å². The predicted molar refractivity (Wildman–Crippen MR) is 151 cm³/mol. The second-order valence-corrected chi connectivity index (χ2v) is 9.85. The highest BCUT2D eigenvalue weighted by atomic mass is 19.1. The summed E-state index contributed by atoms with van der Waals surface area (Å²) in [5.41, 5.74) is 2.80. The summed E-state index contributed by atoms with van der Waals surface area (Å²) in [6, 6.07) is 17.3.